The molecule has 2 N–H and O–H groups in total. The first-order valence-electron chi connectivity index (χ1n) is 17.1. The standard InChI is InChI=1S/C40H43N7O3/c1-27(2)32-16-9-17-33(28(3)4)36(32)44-40(49)45-37-35(30-14-8-15-31(24-30)50-23-11-21-46-26-41-25-43-46)34-18-10-20-42-38(34)47(39(37)48)22-19-29-12-6-5-7-13-29/h5-10,12-18,20,24-28H,11,19,21-23H2,1-4H3,(H2,44,45,49). The highest BCUT2D eigenvalue weighted by Gasteiger charge is 2.23. The van der Waals surface area contributed by atoms with Gasteiger partial charge in [-0.05, 0) is 64.8 Å². The summed E-state index contributed by atoms with van der Waals surface area (Å²) in [5.74, 6) is 1.01. The molecule has 3 aromatic heterocycles. The number of nitrogens with one attached hydrogen (secondary N) is 2. The second-order valence-corrected chi connectivity index (χ2v) is 12.9. The Kier molecular flexibility index (Phi) is 10.7. The van der Waals surface area contributed by atoms with Crippen LogP contribution in [-0.2, 0) is 19.5 Å². The maximum Gasteiger partial charge on any atom is 0.323 e. The lowest BCUT2D eigenvalue weighted by molar-refractivity contribution is 0.262. The number of hydrogen-bond donors (Lipinski definition) is 2. The van der Waals surface area contributed by atoms with Crippen LogP contribution in [0.25, 0.3) is 22.2 Å². The molecule has 0 spiro atoms. The number of carbonyl (C=O) groups is 1. The van der Waals surface area contributed by atoms with E-state index in [0.717, 1.165) is 39.7 Å². The molecule has 2 amide bonds. The van der Waals surface area contributed by atoms with Crippen LogP contribution in [0.3, 0.4) is 0 Å². The number of anilines is 2. The van der Waals surface area contributed by atoms with E-state index in [9.17, 15) is 9.59 Å². The molecule has 0 bridgehead atoms. The number of nitrogens with zero attached hydrogens (tertiary/aromatic N) is 5. The summed E-state index contributed by atoms with van der Waals surface area (Å²) in [7, 11) is 0. The minimum Gasteiger partial charge on any atom is -0.494 e. The minimum absolute atomic E-state index is 0.174. The first-order chi connectivity index (χ1) is 24.3. The lowest BCUT2D eigenvalue weighted by Crippen LogP contribution is -2.30. The van der Waals surface area contributed by atoms with Gasteiger partial charge in [-0.1, -0.05) is 88.4 Å². The van der Waals surface area contributed by atoms with Gasteiger partial charge in [-0.25, -0.2) is 14.8 Å². The van der Waals surface area contributed by atoms with Crippen molar-refractivity contribution in [1.82, 2.24) is 24.3 Å². The number of hydrogen-bond acceptors (Lipinski definition) is 6. The van der Waals surface area contributed by atoms with Crippen molar-refractivity contribution in [1.29, 1.82) is 0 Å². The van der Waals surface area contributed by atoms with E-state index in [1.165, 1.54) is 6.33 Å². The third-order valence-corrected chi connectivity index (χ3v) is 8.73. The molecule has 256 valence electrons. The van der Waals surface area contributed by atoms with E-state index in [2.05, 4.69) is 53.4 Å². The predicted molar refractivity (Wildman–Crippen MR) is 199 cm³/mol. The van der Waals surface area contributed by atoms with Gasteiger partial charge in [0, 0.05) is 42.3 Å². The molecule has 0 aliphatic heterocycles. The summed E-state index contributed by atoms with van der Waals surface area (Å²) in [6, 6.07) is 27.0. The van der Waals surface area contributed by atoms with Crippen molar-refractivity contribution in [3.63, 3.8) is 0 Å². The summed E-state index contributed by atoms with van der Waals surface area (Å²) in [6.45, 7) is 9.94. The Morgan fingerprint density at radius 2 is 1.58 bits per heavy atom. The summed E-state index contributed by atoms with van der Waals surface area (Å²) in [5, 5.41) is 11.0. The highest BCUT2D eigenvalue weighted by molar-refractivity contribution is 6.07. The van der Waals surface area contributed by atoms with Crippen LogP contribution in [0.4, 0.5) is 16.2 Å². The minimum atomic E-state index is -0.489. The van der Waals surface area contributed by atoms with Crippen molar-refractivity contribution in [2.24, 2.45) is 0 Å². The highest BCUT2D eigenvalue weighted by Crippen LogP contribution is 2.36. The third-order valence-electron chi connectivity index (χ3n) is 8.73. The van der Waals surface area contributed by atoms with Crippen LogP contribution in [0, 0.1) is 0 Å². The van der Waals surface area contributed by atoms with Gasteiger partial charge in [-0.15, -0.1) is 0 Å². The molecular weight excluding hydrogens is 626 g/mol. The number of aromatic nitrogens is 5. The number of carbonyl (C=O) groups excluding carboxylic acids is 1. The van der Waals surface area contributed by atoms with Crippen LogP contribution < -0.4 is 20.9 Å². The zero-order chi connectivity index (χ0) is 35.0. The predicted octanol–water partition coefficient (Wildman–Crippen LogP) is 8.26. The maximum absolute atomic E-state index is 14.6. The molecule has 10 heteroatoms. The van der Waals surface area contributed by atoms with Gasteiger partial charge < -0.3 is 15.4 Å². The van der Waals surface area contributed by atoms with Crippen LogP contribution >= 0.6 is 0 Å². The smallest absolute Gasteiger partial charge is 0.323 e. The number of amides is 2. The summed E-state index contributed by atoms with van der Waals surface area (Å²) in [6.07, 6.45) is 6.24. The van der Waals surface area contributed by atoms with Gasteiger partial charge in [-0.2, -0.15) is 5.10 Å². The fraction of sp³-hybridized carbons (Fsp3) is 0.275. The Morgan fingerprint density at radius 3 is 2.30 bits per heavy atom. The molecule has 0 fully saturated rings. The number of rotatable bonds is 13. The van der Waals surface area contributed by atoms with E-state index in [4.69, 9.17) is 4.74 Å². The molecule has 0 aliphatic carbocycles. The first kappa shape index (κ1) is 34.1. The molecule has 3 heterocycles. The largest absolute Gasteiger partial charge is 0.494 e. The number of para-hydroxylation sites is 1. The average Bonchev–Trinajstić information content (AvgIpc) is 3.64. The number of fused-ring (bicyclic) bond motifs is 1. The van der Waals surface area contributed by atoms with Gasteiger partial charge in [0.2, 0.25) is 0 Å². The summed E-state index contributed by atoms with van der Waals surface area (Å²) in [4.78, 5) is 37.3. The summed E-state index contributed by atoms with van der Waals surface area (Å²) < 4.78 is 9.55. The van der Waals surface area contributed by atoms with Gasteiger partial charge in [0.05, 0.1) is 6.61 Å². The van der Waals surface area contributed by atoms with Crippen molar-refractivity contribution in [2.75, 3.05) is 17.2 Å². The van der Waals surface area contributed by atoms with E-state index < -0.39 is 6.03 Å². The number of benzene rings is 3. The van der Waals surface area contributed by atoms with E-state index >= 15 is 0 Å². The monoisotopic (exact) mass is 669 g/mol. The molecule has 10 nitrogen and oxygen atoms in total. The number of pyridine rings is 2. The van der Waals surface area contributed by atoms with Crippen LogP contribution in [0.5, 0.6) is 5.75 Å². The average molecular weight is 670 g/mol. The Morgan fingerprint density at radius 1 is 0.840 bits per heavy atom. The summed E-state index contributed by atoms with van der Waals surface area (Å²) in [5.41, 5.74) is 5.62. The van der Waals surface area contributed by atoms with Crippen LogP contribution in [0.15, 0.2) is 109 Å². The molecule has 0 radical (unpaired) electrons. The molecule has 0 saturated heterocycles. The van der Waals surface area contributed by atoms with Crippen molar-refractivity contribution in [2.45, 2.75) is 65.5 Å². The Labute approximate surface area is 292 Å². The van der Waals surface area contributed by atoms with Crippen molar-refractivity contribution < 1.29 is 9.53 Å². The molecule has 0 unspecified atom stereocenters. The van der Waals surface area contributed by atoms with E-state index in [0.29, 0.717) is 43.1 Å². The highest BCUT2D eigenvalue weighted by atomic mass is 16.5. The molecular formula is C40H43N7O3. The zero-order valence-corrected chi connectivity index (χ0v) is 29.0. The van der Waals surface area contributed by atoms with E-state index in [1.807, 2.05) is 84.9 Å². The Balaban J connectivity index is 1.40. The quantitative estimate of drug-likeness (QED) is 0.120. The lowest BCUT2D eigenvalue weighted by atomic mass is 9.93. The normalized spacial score (nSPS) is 11.3. The molecule has 6 aromatic rings. The van der Waals surface area contributed by atoms with Gasteiger partial charge in [0.1, 0.15) is 29.7 Å². The molecule has 50 heavy (non-hydrogen) atoms. The fourth-order valence-electron chi connectivity index (χ4n) is 6.25. The van der Waals surface area contributed by atoms with Crippen molar-refractivity contribution in [3.8, 4) is 16.9 Å². The van der Waals surface area contributed by atoms with Crippen molar-refractivity contribution >= 4 is 28.4 Å². The number of urea groups is 1. The Hall–Kier alpha value is -5.77. The molecule has 0 saturated carbocycles. The van der Waals surface area contributed by atoms with Crippen LogP contribution in [0.2, 0.25) is 0 Å². The molecule has 0 atom stereocenters. The Bertz CT molecular complexity index is 2100. The van der Waals surface area contributed by atoms with Crippen LogP contribution in [0.1, 0.15) is 62.6 Å². The van der Waals surface area contributed by atoms with Gasteiger partial charge in [-0.3, -0.25) is 14.0 Å². The molecule has 0 aliphatic rings. The second kappa shape index (κ2) is 15.6. The molecule has 3 aromatic carbocycles. The third kappa shape index (κ3) is 7.75. The fourth-order valence-corrected chi connectivity index (χ4v) is 6.25. The summed E-state index contributed by atoms with van der Waals surface area (Å²) >= 11 is 0. The van der Waals surface area contributed by atoms with E-state index in [1.54, 1.807) is 21.8 Å². The van der Waals surface area contributed by atoms with Gasteiger partial charge >= 0.3 is 6.03 Å². The van der Waals surface area contributed by atoms with Crippen molar-refractivity contribution in [3.05, 3.63) is 131 Å². The number of ether oxygens (including phenoxy) is 1. The lowest BCUT2D eigenvalue weighted by Gasteiger charge is -2.22. The van der Waals surface area contributed by atoms with E-state index in [-0.39, 0.29) is 23.1 Å². The van der Waals surface area contributed by atoms with Crippen LogP contribution in [-0.4, -0.2) is 37.0 Å². The molecule has 6 rings (SSSR count). The topological polar surface area (TPSA) is 116 Å². The SMILES string of the molecule is CC(C)c1cccc(C(C)C)c1NC(=O)Nc1c(-c2cccc(OCCCn3cncn3)c2)c2cccnc2n(CCc2ccccc2)c1=O. The second-order valence-electron chi connectivity index (χ2n) is 12.9. The first-order valence-corrected chi connectivity index (χ1v) is 17.1. The van der Waals surface area contributed by atoms with Gasteiger partial charge in [0.25, 0.3) is 5.56 Å². The number of aryl methyl sites for hydroxylation is 3. The van der Waals surface area contributed by atoms with Gasteiger partial charge in [0.15, 0.2) is 0 Å². The maximum atomic E-state index is 14.6. The zero-order valence-electron chi connectivity index (χ0n) is 29.0.